The third-order valence-corrected chi connectivity index (χ3v) is 29.4. The minimum atomic E-state index is 0.866. The molecule has 0 aliphatic carbocycles. The Morgan fingerprint density at radius 1 is 0.142 bits per heavy atom. The number of hydrogen-bond acceptors (Lipinski definition) is 9. The van der Waals surface area contributed by atoms with Gasteiger partial charge in [0.15, 0.2) is 5.58 Å². The molecule has 0 amide bonds. The standard InChI is InChI=1S/2C44H27NO2.C44H27NOS/c1-2-8-28(9-3-1)29-18-22-34(23-19-29)45(38-13-7-12-37-36-11-4-5-14-39(36)47-44(37)38)35-24-20-30(21-25-35)33-26-32-17-16-31-10-6-15-40-42(31)43(32)41(27-33)46-40;1-2-7-28(8-3-1)29-15-19-34(20-16-29)45(36-23-24-38-37-10-4-5-11-39(37)46-41(38)27-36)35-21-17-30(18-22-35)33-25-32-14-13-31-9-6-12-40-43(31)44(32)42(26-33)47-40;1-2-7-28(8-3-1)29-15-19-34(20-16-29)45(36-23-24-38-37-10-4-5-12-41(37)47-42(38)27-36)35-21-17-30(18-22-35)33-25-32-14-13-31-9-6-11-39-43(31)44(32)40(26-33)46-39/h3*1-27H. The molecule has 0 fully saturated rings. The number of furan rings is 5. The Morgan fingerprint density at radius 2 is 0.426 bits per heavy atom. The molecule has 0 saturated carbocycles. The van der Waals surface area contributed by atoms with Gasteiger partial charge in [-0.3, -0.25) is 0 Å². The first-order chi connectivity index (χ1) is 69.8. The van der Waals surface area contributed by atoms with Crippen LogP contribution in [0.15, 0.2) is 513 Å². The third kappa shape index (κ3) is 14.0. The van der Waals surface area contributed by atoms with Gasteiger partial charge in [0.05, 0.1) is 5.69 Å². The lowest BCUT2D eigenvalue weighted by molar-refractivity contribution is 0.668. The summed E-state index contributed by atoms with van der Waals surface area (Å²) in [5.41, 5.74) is 32.8. The summed E-state index contributed by atoms with van der Waals surface area (Å²) in [6, 6.07) is 175. The van der Waals surface area contributed by atoms with Gasteiger partial charge in [-0.2, -0.15) is 0 Å². The minimum absolute atomic E-state index is 0.866. The lowest BCUT2D eigenvalue weighted by atomic mass is 9.97. The molecule has 0 aliphatic rings. The van der Waals surface area contributed by atoms with Gasteiger partial charge in [0, 0.05) is 126 Å². The number of benzene rings is 24. The molecule has 6 heterocycles. The molecule has 0 spiro atoms. The fourth-order valence-corrected chi connectivity index (χ4v) is 22.6. The van der Waals surface area contributed by atoms with Crippen molar-refractivity contribution in [3.8, 4) is 66.8 Å². The van der Waals surface area contributed by atoms with E-state index in [9.17, 15) is 0 Å². The van der Waals surface area contributed by atoms with E-state index in [-0.39, 0.29) is 0 Å². The Balaban J connectivity index is 0.000000104. The van der Waals surface area contributed by atoms with Crippen LogP contribution >= 0.6 is 11.3 Å². The van der Waals surface area contributed by atoms with Crippen LogP contribution in [0.2, 0.25) is 0 Å². The summed E-state index contributed by atoms with van der Waals surface area (Å²) in [6.07, 6.45) is 0. The number of nitrogens with zero attached hydrogens (tertiary/aromatic N) is 3. The highest BCUT2D eigenvalue weighted by Crippen LogP contribution is 2.50. The summed E-state index contributed by atoms with van der Waals surface area (Å²) < 4.78 is 34.5. The van der Waals surface area contributed by atoms with Crippen molar-refractivity contribution in [1.82, 2.24) is 0 Å². The molecule has 8 nitrogen and oxygen atoms in total. The third-order valence-electron chi connectivity index (χ3n) is 28.3. The molecule has 0 bridgehead atoms. The molecule has 0 saturated heterocycles. The lowest BCUT2D eigenvalue weighted by Crippen LogP contribution is -2.10. The first-order valence-corrected chi connectivity index (χ1v) is 48.6. The van der Waals surface area contributed by atoms with Crippen molar-refractivity contribution in [3.63, 3.8) is 0 Å². The van der Waals surface area contributed by atoms with Crippen LogP contribution in [0.5, 0.6) is 0 Å². The molecule has 0 aliphatic heterocycles. The van der Waals surface area contributed by atoms with Gasteiger partial charge in [0.2, 0.25) is 0 Å². The van der Waals surface area contributed by atoms with Gasteiger partial charge in [0.1, 0.15) is 50.2 Å². The van der Waals surface area contributed by atoms with E-state index < -0.39 is 0 Å². The summed E-state index contributed by atoms with van der Waals surface area (Å²) in [5.74, 6) is 0. The fourth-order valence-electron chi connectivity index (χ4n) is 21.5. The summed E-state index contributed by atoms with van der Waals surface area (Å²) in [6.45, 7) is 0. The van der Waals surface area contributed by atoms with E-state index in [2.05, 4.69) is 476 Å². The molecular formula is C132H81N3O5S. The minimum Gasteiger partial charge on any atom is -0.456 e. The van der Waals surface area contributed by atoms with Crippen LogP contribution in [-0.4, -0.2) is 0 Å². The van der Waals surface area contributed by atoms with E-state index in [0.29, 0.717) is 0 Å². The maximum absolute atomic E-state index is 6.53. The smallest absolute Gasteiger partial charge is 0.159 e. The normalized spacial score (nSPS) is 11.8. The molecule has 9 heteroatoms. The number of hydrogen-bond donors (Lipinski definition) is 0. The molecule has 0 unspecified atom stereocenters. The zero-order valence-corrected chi connectivity index (χ0v) is 76.9. The van der Waals surface area contributed by atoms with Crippen LogP contribution in [0, 0.1) is 0 Å². The average Bonchev–Trinajstić information content (AvgIpc) is 1.63. The Morgan fingerprint density at radius 3 is 0.851 bits per heavy atom. The van der Waals surface area contributed by atoms with Crippen molar-refractivity contribution >= 4 is 225 Å². The molecule has 30 aromatic rings. The van der Waals surface area contributed by atoms with Crippen molar-refractivity contribution in [2.45, 2.75) is 0 Å². The van der Waals surface area contributed by atoms with Gasteiger partial charge in [-0.15, -0.1) is 11.3 Å². The summed E-state index contributed by atoms with van der Waals surface area (Å²) >= 11 is 1.85. The molecule has 0 atom stereocenters. The monoisotopic (exact) mass is 1820 g/mol. The van der Waals surface area contributed by atoms with E-state index in [1.807, 2.05) is 41.7 Å². The van der Waals surface area contributed by atoms with Crippen LogP contribution < -0.4 is 14.7 Å². The van der Waals surface area contributed by atoms with Crippen molar-refractivity contribution in [2.24, 2.45) is 0 Å². The van der Waals surface area contributed by atoms with Gasteiger partial charge < -0.3 is 36.8 Å². The van der Waals surface area contributed by atoms with E-state index in [1.165, 1.54) is 118 Å². The van der Waals surface area contributed by atoms with Gasteiger partial charge in [0.25, 0.3) is 0 Å². The first kappa shape index (κ1) is 80.9. The van der Waals surface area contributed by atoms with Crippen molar-refractivity contribution < 1.29 is 22.1 Å². The molecule has 6 aromatic heterocycles. The Hall–Kier alpha value is -18.5. The molecule has 30 rings (SSSR count). The molecule has 0 radical (unpaired) electrons. The predicted octanol–water partition coefficient (Wildman–Crippen LogP) is 39.1. The Labute approximate surface area is 813 Å². The summed E-state index contributed by atoms with van der Waals surface area (Å²) in [7, 11) is 0. The SMILES string of the molecule is c1ccc(-c2ccc(N(c3ccc(-c4cc5ccc6cccc7oc(c4)c5c67)cc3)c3ccc4c(c3)oc3ccccc34)cc2)cc1.c1ccc(-c2ccc(N(c3ccc(-c4cc5ccc6cccc7oc(c4)c5c67)cc3)c3ccc4c(c3)sc3ccccc34)cc2)cc1.c1ccc(-c2ccc(N(c3ccc(-c4cc5ccc6cccc7oc(c4)c5c67)cc3)c3cccc4c3oc3ccccc34)cc2)cc1. The Kier molecular flexibility index (Phi) is 19.0. The molecule has 0 N–H and O–H groups in total. The number of rotatable bonds is 15. The van der Waals surface area contributed by atoms with Crippen molar-refractivity contribution in [2.75, 3.05) is 14.7 Å². The number of fused-ring (bicyclic) bond motifs is 9. The van der Waals surface area contributed by atoms with Crippen LogP contribution in [0.3, 0.4) is 0 Å². The topological polar surface area (TPSA) is 75.4 Å². The van der Waals surface area contributed by atoms with Crippen LogP contribution in [0.4, 0.5) is 51.2 Å². The highest BCUT2D eigenvalue weighted by molar-refractivity contribution is 7.25. The zero-order valence-electron chi connectivity index (χ0n) is 76.1. The van der Waals surface area contributed by atoms with Gasteiger partial charge in [-0.05, 0) is 275 Å². The van der Waals surface area contributed by atoms with Crippen molar-refractivity contribution in [1.29, 1.82) is 0 Å². The van der Waals surface area contributed by atoms with E-state index in [1.54, 1.807) is 0 Å². The van der Waals surface area contributed by atoms with Gasteiger partial charge >= 0.3 is 0 Å². The van der Waals surface area contributed by atoms with Crippen LogP contribution in [0.1, 0.15) is 0 Å². The second-order valence-corrected chi connectivity index (χ2v) is 37.6. The second kappa shape index (κ2) is 33.2. The summed E-state index contributed by atoms with van der Waals surface area (Å²) in [5, 5.41) is 21.5. The van der Waals surface area contributed by atoms with Crippen molar-refractivity contribution in [3.05, 3.63) is 491 Å². The molecule has 24 aromatic carbocycles. The maximum Gasteiger partial charge on any atom is 0.159 e. The highest BCUT2D eigenvalue weighted by atomic mass is 32.1. The van der Waals surface area contributed by atoms with Crippen LogP contribution in [-0.2, 0) is 0 Å². The second-order valence-electron chi connectivity index (χ2n) is 36.5. The van der Waals surface area contributed by atoms with E-state index in [4.69, 9.17) is 22.1 Å². The lowest BCUT2D eigenvalue weighted by Gasteiger charge is -2.26. The first-order valence-electron chi connectivity index (χ1n) is 47.8. The number of thiophene rings is 1. The highest BCUT2D eigenvalue weighted by Gasteiger charge is 2.26. The van der Waals surface area contributed by atoms with Gasteiger partial charge in [-0.25, -0.2) is 0 Å². The predicted molar refractivity (Wildman–Crippen MR) is 591 cm³/mol. The number of para-hydroxylation sites is 3. The van der Waals surface area contributed by atoms with Crippen LogP contribution in [0.25, 0.3) is 229 Å². The zero-order chi connectivity index (χ0) is 92.7. The number of anilines is 9. The van der Waals surface area contributed by atoms with Gasteiger partial charge in [-0.1, -0.05) is 309 Å². The average molecular weight is 1820 g/mol. The van der Waals surface area contributed by atoms with E-state index >= 15 is 0 Å². The molecule has 660 valence electrons. The quantitative estimate of drug-likeness (QED) is 0.0940. The maximum atomic E-state index is 6.53. The fraction of sp³-hybridized carbons (Fsp3) is 0. The largest absolute Gasteiger partial charge is 0.456 e. The molecular weight excluding hydrogens is 1740 g/mol. The van der Waals surface area contributed by atoms with E-state index in [0.717, 1.165) is 162 Å². The molecule has 141 heavy (non-hydrogen) atoms. The Bertz CT molecular complexity index is 9590. The summed E-state index contributed by atoms with van der Waals surface area (Å²) in [4.78, 5) is 6.94.